The second-order valence-electron chi connectivity index (χ2n) is 4.71. The molecule has 1 aromatic carbocycles. The zero-order valence-corrected chi connectivity index (χ0v) is 11.1. The van der Waals surface area contributed by atoms with Crippen molar-refractivity contribution in [2.45, 2.75) is 31.7 Å². The van der Waals surface area contributed by atoms with Crippen LogP contribution in [0.1, 0.15) is 37.3 Å². The number of carbonyl (C=O) groups is 1. The first-order chi connectivity index (χ1) is 8.68. The van der Waals surface area contributed by atoms with Gasteiger partial charge in [0.15, 0.2) is 0 Å². The highest BCUT2D eigenvalue weighted by molar-refractivity contribution is 6.31. The number of benzene rings is 1. The Kier molecular flexibility index (Phi) is 4.61. The van der Waals surface area contributed by atoms with E-state index in [0.29, 0.717) is 12.5 Å². The molecule has 0 radical (unpaired) electrons. The summed E-state index contributed by atoms with van der Waals surface area (Å²) in [5.41, 5.74) is 1.17. The number of hydrogen-bond acceptors (Lipinski definition) is 2. The van der Waals surface area contributed by atoms with Gasteiger partial charge in [-0.1, -0.05) is 29.8 Å². The molecule has 18 heavy (non-hydrogen) atoms. The molecule has 0 unspecified atom stereocenters. The number of nitrogens with zero attached hydrogens (tertiary/aromatic N) is 1. The van der Waals surface area contributed by atoms with Crippen LogP contribution in [-0.4, -0.2) is 29.1 Å². The van der Waals surface area contributed by atoms with Crippen LogP contribution in [0.3, 0.4) is 0 Å². The Morgan fingerprint density at radius 2 is 2.22 bits per heavy atom. The van der Waals surface area contributed by atoms with E-state index in [4.69, 9.17) is 16.7 Å². The fourth-order valence-corrected chi connectivity index (χ4v) is 2.89. The maximum Gasteiger partial charge on any atom is 0.303 e. The molecule has 0 saturated carbocycles. The monoisotopic (exact) mass is 267 g/mol. The van der Waals surface area contributed by atoms with Crippen LogP contribution in [-0.2, 0) is 4.79 Å². The van der Waals surface area contributed by atoms with Crippen molar-refractivity contribution in [3.8, 4) is 0 Å². The smallest absolute Gasteiger partial charge is 0.303 e. The van der Waals surface area contributed by atoms with Gasteiger partial charge in [0.25, 0.3) is 0 Å². The Morgan fingerprint density at radius 3 is 2.94 bits per heavy atom. The average molecular weight is 268 g/mol. The summed E-state index contributed by atoms with van der Waals surface area (Å²) in [4.78, 5) is 12.9. The van der Waals surface area contributed by atoms with Crippen LogP contribution >= 0.6 is 11.6 Å². The number of rotatable bonds is 5. The van der Waals surface area contributed by atoms with Crippen LogP contribution in [0.5, 0.6) is 0 Å². The van der Waals surface area contributed by atoms with E-state index in [-0.39, 0.29) is 6.42 Å². The van der Waals surface area contributed by atoms with Crippen LogP contribution in [0.25, 0.3) is 0 Å². The number of aliphatic carboxylic acids is 1. The van der Waals surface area contributed by atoms with Crippen molar-refractivity contribution in [3.05, 3.63) is 34.9 Å². The highest BCUT2D eigenvalue weighted by Crippen LogP contribution is 2.35. The lowest BCUT2D eigenvalue weighted by Crippen LogP contribution is -2.25. The van der Waals surface area contributed by atoms with Gasteiger partial charge in [-0.15, -0.1) is 0 Å². The third-order valence-corrected chi connectivity index (χ3v) is 3.81. The fourth-order valence-electron chi connectivity index (χ4n) is 2.62. The normalized spacial score (nSPS) is 20.2. The maximum atomic E-state index is 10.5. The van der Waals surface area contributed by atoms with Crippen LogP contribution in [0.2, 0.25) is 5.02 Å². The van der Waals surface area contributed by atoms with Gasteiger partial charge in [0.1, 0.15) is 0 Å². The fraction of sp³-hybridized carbons (Fsp3) is 0.500. The second kappa shape index (κ2) is 6.21. The van der Waals surface area contributed by atoms with E-state index in [2.05, 4.69) is 11.0 Å². The van der Waals surface area contributed by atoms with Crippen molar-refractivity contribution >= 4 is 17.6 Å². The number of likely N-dealkylation sites (tertiary alicyclic amines) is 1. The zero-order valence-electron chi connectivity index (χ0n) is 10.3. The van der Waals surface area contributed by atoms with Crippen molar-refractivity contribution in [3.63, 3.8) is 0 Å². The molecule has 0 spiro atoms. The minimum Gasteiger partial charge on any atom is -0.481 e. The van der Waals surface area contributed by atoms with E-state index < -0.39 is 5.97 Å². The van der Waals surface area contributed by atoms with E-state index in [1.165, 1.54) is 5.56 Å². The molecule has 1 heterocycles. The van der Waals surface area contributed by atoms with E-state index in [9.17, 15) is 4.79 Å². The Bertz CT molecular complexity index is 422. The third kappa shape index (κ3) is 3.24. The quantitative estimate of drug-likeness (QED) is 0.889. The first-order valence-electron chi connectivity index (χ1n) is 6.39. The lowest BCUT2D eigenvalue weighted by molar-refractivity contribution is -0.137. The number of halogens is 1. The molecule has 2 rings (SSSR count). The molecule has 1 aliphatic heterocycles. The first kappa shape index (κ1) is 13.4. The average Bonchev–Trinajstić information content (AvgIpc) is 2.77. The van der Waals surface area contributed by atoms with Crippen molar-refractivity contribution < 1.29 is 9.90 Å². The summed E-state index contributed by atoms with van der Waals surface area (Å²) in [6.45, 7) is 1.87. The van der Waals surface area contributed by atoms with Gasteiger partial charge in [0.2, 0.25) is 0 Å². The zero-order chi connectivity index (χ0) is 13.0. The predicted octanol–water partition coefficient (Wildman–Crippen LogP) is 3.34. The minimum atomic E-state index is -0.719. The number of carboxylic acids is 1. The molecule has 1 N–H and O–H groups in total. The topological polar surface area (TPSA) is 40.5 Å². The molecule has 0 bridgehead atoms. The van der Waals surface area contributed by atoms with Crippen molar-refractivity contribution in [2.24, 2.45) is 0 Å². The highest BCUT2D eigenvalue weighted by atomic mass is 35.5. The van der Waals surface area contributed by atoms with Gasteiger partial charge in [0.05, 0.1) is 0 Å². The van der Waals surface area contributed by atoms with Crippen LogP contribution in [0, 0.1) is 0 Å². The highest BCUT2D eigenvalue weighted by Gasteiger charge is 2.26. The largest absolute Gasteiger partial charge is 0.481 e. The Hall–Kier alpha value is -1.06. The summed E-state index contributed by atoms with van der Waals surface area (Å²) in [5, 5.41) is 9.49. The molecule has 1 fully saturated rings. The Balaban J connectivity index is 1.99. The molecule has 1 saturated heterocycles. The van der Waals surface area contributed by atoms with Crippen LogP contribution in [0.4, 0.5) is 0 Å². The Labute approximate surface area is 112 Å². The molecular weight excluding hydrogens is 250 g/mol. The van der Waals surface area contributed by atoms with Gasteiger partial charge >= 0.3 is 5.97 Å². The van der Waals surface area contributed by atoms with Gasteiger partial charge in [-0.2, -0.15) is 0 Å². The van der Waals surface area contributed by atoms with Gasteiger partial charge in [-0.05, 0) is 44.0 Å². The SMILES string of the molecule is O=C(O)CCCN1CCC[C@H]1c1ccccc1Cl. The van der Waals surface area contributed by atoms with Gasteiger partial charge < -0.3 is 5.11 Å². The third-order valence-electron chi connectivity index (χ3n) is 3.46. The Morgan fingerprint density at radius 1 is 1.44 bits per heavy atom. The number of carboxylic acid groups (broad SMARTS) is 1. The van der Waals surface area contributed by atoms with Gasteiger partial charge in [-0.25, -0.2) is 0 Å². The first-order valence-corrected chi connectivity index (χ1v) is 6.76. The van der Waals surface area contributed by atoms with Crippen molar-refractivity contribution in [1.29, 1.82) is 0 Å². The van der Waals surface area contributed by atoms with E-state index in [1.807, 2.05) is 18.2 Å². The lowest BCUT2D eigenvalue weighted by atomic mass is 10.0. The van der Waals surface area contributed by atoms with Crippen molar-refractivity contribution in [2.75, 3.05) is 13.1 Å². The maximum absolute atomic E-state index is 10.5. The number of hydrogen-bond donors (Lipinski definition) is 1. The van der Waals surface area contributed by atoms with E-state index >= 15 is 0 Å². The molecule has 0 aliphatic carbocycles. The molecular formula is C14H18ClNO2. The minimum absolute atomic E-state index is 0.242. The molecule has 0 aromatic heterocycles. The van der Waals surface area contributed by atoms with Crippen LogP contribution < -0.4 is 0 Å². The van der Waals surface area contributed by atoms with Gasteiger partial charge in [-0.3, -0.25) is 9.69 Å². The van der Waals surface area contributed by atoms with Crippen molar-refractivity contribution in [1.82, 2.24) is 4.90 Å². The molecule has 98 valence electrons. The molecule has 1 aliphatic rings. The summed E-state index contributed by atoms with van der Waals surface area (Å²) in [6.07, 6.45) is 3.21. The van der Waals surface area contributed by atoms with E-state index in [0.717, 1.165) is 31.0 Å². The summed E-state index contributed by atoms with van der Waals surface area (Å²) < 4.78 is 0. The predicted molar refractivity (Wildman–Crippen MR) is 71.9 cm³/mol. The molecule has 3 nitrogen and oxygen atoms in total. The molecule has 1 atom stereocenters. The summed E-state index contributed by atoms with van der Waals surface area (Å²) >= 11 is 6.23. The standard InChI is InChI=1S/C14H18ClNO2/c15-12-6-2-1-5-11(12)13-7-3-9-16(13)10-4-8-14(17)18/h1-2,5-6,13H,3-4,7-10H2,(H,17,18)/t13-/m0/s1. The summed E-state index contributed by atoms with van der Waals surface area (Å²) in [5.74, 6) is -0.719. The summed E-state index contributed by atoms with van der Waals surface area (Å²) in [6, 6.07) is 8.30. The molecule has 4 heteroatoms. The second-order valence-corrected chi connectivity index (χ2v) is 5.12. The lowest BCUT2D eigenvalue weighted by Gasteiger charge is -2.25. The molecule has 0 amide bonds. The summed E-state index contributed by atoms with van der Waals surface area (Å²) in [7, 11) is 0. The van der Waals surface area contributed by atoms with Crippen LogP contribution in [0.15, 0.2) is 24.3 Å². The van der Waals surface area contributed by atoms with E-state index in [1.54, 1.807) is 0 Å². The molecule has 1 aromatic rings. The van der Waals surface area contributed by atoms with Gasteiger partial charge in [0, 0.05) is 17.5 Å².